The Bertz CT molecular complexity index is 440. The van der Waals surface area contributed by atoms with Gasteiger partial charge in [0.25, 0.3) is 0 Å². The Morgan fingerprint density at radius 2 is 1.58 bits per heavy atom. The zero-order valence-corrected chi connectivity index (χ0v) is 15.4. The molecule has 0 radical (unpaired) electrons. The minimum Gasteiger partial charge on any atom is -0.350 e. The highest BCUT2D eigenvalue weighted by Crippen LogP contribution is 2.17. The van der Waals surface area contributed by atoms with E-state index in [2.05, 4.69) is 16.0 Å². The molecule has 4 amide bonds. The van der Waals surface area contributed by atoms with Gasteiger partial charge in [0.15, 0.2) is 0 Å². The molecular weight excluding hydrogens is 308 g/mol. The zero-order valence-electron chi connectivity index (χ0n) is 15.4. The number of rotatable bonds is 6. The highest BCUT2D eigenvalue weighted by atomic mass is 16.2. The van der Waals surface area contributed by atoms with E-state index in [1.54, 1.807) is 4.90 Å². The summed E-state index contributed by atoms with van der Waals surface area (Å²) in [5, 5.41) is 8.06. The lowest BCUT2D eigenvalue weighted by Gasteiger charge is -2.25. The third-order valence-corrected chi connectivity index (χ3v) is 3.89. The predicted molar refractivity (Wildman–Crippen MR) is 93.6 cm³/mol. The first kappa shape index (κ1) is 20.4. The van der Waals surface area contributed by atoms with Crippen molar-refractivity contribution in [2.24, 2.45) is 0 Å². The summed E-state index contributed by atoms with van der Waals surface area (Å²) in [7, 11) is 0. The molecule has 0 atom stereocenters. The Hall–Kier alpha value is -1.63. The Balaban J connectivity index is 2.34. The predicted octanol–water partition coefficient (Wildman–Crippen LogP) is 1.38. The van der Waals surface area contributed by atoms with Crippen molar-refractivity contribution in [3.8, 4) is 0 Å². The number of urea groups is 1. The number of hydrogen-bond acceptors (Lipinski definition) is 4. The molecule has 1 fully saturated rings. The molecule has 7 nitrogen and oxygen atoms in total. The van der Waals surface area contributed by atoms with Crippen molar-refractivity contribution in [2.45, 2.75) is 71.4 Å². The van der Waals surface area contributed by atoms with Crippen molar-refractivity contribution in [3.05, 3.63) is 0 Å². The third-order valence-electron chi connectivity index (χ3n) is 3.89. The first-order valence-electron chi connectivity index (χ1n) is 8.83. The molecule has 0 heterocycles. The van der Waals surface area contributed by atoms with E-state index >= 15 is 0 Å². The van der Waals surface area contributed by atoms with Crippen molar-refractivity contribution >= 4 is 17.8 Å². The van der Waals surface area contributed by atoms with E-state index < -0.39 is 11.9 Å². The fraction of sp³-hybridized carbons (Fsp3) is 0.824. The molecule has 0 aliphatic heterocycles. The number of carbonyl (C=O) groups is 3. The van der Waals surface area contributed by atoms with E-state index in [-0.39, 0.29) is 30.6 Å². The van der Waals surface area contributed by atoms with E-state index in [9.17, 15) is 14.4 Å². The molecule has 0 saturated heterocycles. The lowest BCUT2D eigenvalue weighted by Crippen LogP contribution is -2.50. The molecule has 138 valence electrons. The summed E-state index contributed by atoms with van der Waals surface area (Å²) >= 11 is 0. The number of carbonyl (C=O) groups excluding carboxylic acids is 3. The second-order valence-corrected chi connectivity index (χ2v) is 7.46. The van der Waals surface area contributed by atoms with E-state index in [4.69, 9.17) is 0 Å². The molecule has 0 unspecified atom stereocenters. The minimum absolute atomic E-state index is 0.0200. The van der Waals surface area contributed by atoms with E-state index in [1.807, 2.05) is 27.7 Å². The first-order chi connectivity index (χ1) is 11.2. The van der Waals surface area contributed by atoms with Crippen LogP contribution >= 0.6 is 0 Å². The molecule has 0 spiro atoms. The van der Waals surface area contributed by atoms with Crippen molar-refractivity contribution in [1.82, 2.24) is 20.9 Å². The lowest BCUT2D eigenvalue weighted by atomic mass is 9.96. The molecule has 0 aromatic carbocycles. The van der Waals surface area contributed by atoms with Crippen molar-refractivity contribution in [2.75, 3.05) is 19.6 Å². The van der Waals surface area contributed by atoms with Crippen LogP contribution in [0.15, 0.2) is 0 Å². The Kier molecular flexibility index (Phi) is 8.18. The average molecular weight is 340 g/mol. The highest BCUT2D eigenvalue weighted by Gasteiger charge is 2.20. The summed E-state index contributed by atoms with van der Waals surface area (Å²) < 4.78 is 0. The Morgan fingerprint density at radius 1 is 1.00 bits per heavy atom. The molecule has 0 aromatic rings. The summed E-state index contributed by atoms with van der Waals surface area (Å²) in [5.74, 6) is -0.530. The van der Waals surface area contributed by atoms with Gasteiger partial charge in [-0.15, -0.1) is 0 Å². The third kappa shape index (κ3) is 8.86. The van der Waals surface area contributed by atoms with E-state index in [0.717, 1.165) is 25.7 Å². The second kappa shape index (κ2) is 9.61. The maximum Gasteiger partial charge on any atom is 0.321 e. The number of imide groups is 1. The highest BCUT2D eigenvalue weighted by molar-refractivity contribution is 5.95. The molecular formula is C17H32N4O3. The van der Waals surface area contributed by atoms with Gasteiger partial charge >= 0.3 is 6.03 Å². The number of nitrogens with one attached hydrogen (secondary N) is 3. The van der Waals surface area contributed by atoms with Crippen LogP contribution in [0, 0.1) is 0 Å². The summed E-state index contributed by atoms with van der Waals surface area (Å²) in [4.78, 5) is 37.5. The van der Waals surface area contributed by atoms with Crippen LogP contribution in [-0.4, -0.2) is 54.0 Å². The van der Waals surface area contributed by atoms with Crippen LogP contribution < -0.4 is 16.0 Å². The van der Waals surface area contributed by atoms with Gasteiger partial charge in [-0.1, -0.05) is 26.2 Å². The van der Waals surface area contributed by atoms with E-state index in [0.29, 0.717) is 6.54 Å². The molecule has 3 N–H and O–H groups in total. The van der Waals surface area contributed by atoms with Crippen molar-refractivity contribution in [1.29, 1.82) is 0 Å². The maximum atomic E-state index is 12.0. The van der Waals surface area contributed by atoms with E-state index in [1.165, 1.54) is 6.42 Å². The van der Waals surface area contributed by atoms with Gasteiger partial charge in [0.2, 0.25) is 11.8 Å². The molecule has 1 saturated carbocycles. The quantitative estimate of drug-likeness (QED) is 0.681. The van der Waals surface area contributed by atoms with Gasteiger partial charge in [0.05, 0.1) is 13.1 Å². The van der Waals surface area contributed by atoms with Crippen LogP contribution in [0.25, 0.3) is 0 Å². The molecule has 1 rings (SSSR count). The number of hydrogen-bond donors (Lipinski definition) is 3. The van der Waals surface area contributed by atoms with Crippen LogP contribution in [0.3, 0.4) is 0 Å². The summed E-state index contributed by atoms with van der Waals surface area (Å²) in [6.07, 6.45) is 5.38. The Morgan fingerprint density at radius 3 is 2.12 bits per heavy atom. The topological polar surface area (TPSA) is 90.5 Å². The lowest BCUT2D eigenvalue weighted by molar-refractivity contribution is -0.125. The van der Waals surface area contributed by atoms with Crippen LogP contribution in [0.1, 0.15) is 59.8 Å². The standard InChI is InChI=1S/C17H32N4O3/c1-5-21(12-15(23)20-17(2,3)4)11-14(22)19-16(24)18-13-9-7-6-8-10-13/h13H,5-12H2,1-4H3,(H,20,23)(H2,18,19,22,24). The molecule has 0 bridgehead atoms. The number of nitrogens with zero attached hydrogens (tertiary/aromatic N) is 1. The van der Waals surface area contributed by atoms with Gasteiger partial charge in [0.1, 0.15) is 0 Å². The molecule has 1 aliphatic rings. The average Bonchev–Trinajstić information content (AvgIpc) is 2.45. The smallest absolute Gasteiger partial charge is 0.321 e. The molecule has 0 aromatic heterocycles. The summed E-state index contributed by atoms with van der Waals surface area (Å²) in [5.41, 5.74) is -0.307. The zero-order chi connectivity index (χ0) is 18.2. The fourth-order valence-corrected chi connectivity index (χ4v) is 2.78. The summed E-state index contributed by atoms with van der Waals surface area (Å²) in [6, 6.07) is -0.284. The summed E-state index contributed by atoms with van der Waals surface area (Å²) in [6.45, 7) is 8.29. The van der Waals surface area contributed by atoms with Gasteiger partial charge in [-0.05, 0) is 40.2 Å². The van der Waals surface area contributed by atoms with Crippen LogP contribution in [0.2, 0.25) is 0 Å². The normalized spacial score (nSPS) is 15.9. The maximum absolute atomic E-state index is 12.0. The number of amides is 4. The van der Waals surface area contributed by atoms with Crippen molar-refractivity contribution in [3.63, 3.8) is 0 Å². The van der Waals surface area contributed by atoms with Gasteiger partial charge in [-0.25, -0.2) is 4.79 Å². The van der Waals surface area contributed by atoms with Gasteiger partial charge in [-0.3, -0.25) is 19.8 Å². The van der Waals surface area contributed by atoms with Crippen LogP contribution in [0.4, 0.5) is 4.79 Å². The number of likely N-dealkylation sites (N-methyl/N-ethyl adjacent to an activating group) is 1. The Labute approximate surface area is 144 Å². The van der Waals surface area contributed by atoms with Crippen LogP contribution in [-0.2, 0) is 9.59 Å². The SMILES string of the molecule is CCN(CC(=O)NC(=O)NC1CCCCC1)CC(=O)NC(C)(C)C. The van der Waals surface area contributed by atoms with Gasteiger partial charge < -0.3 is 10.6 Å². The van der Waals surface area contributed by atoms with Crippen molar-refractivity contribution < 1.29 is 14.4 Å². The molecule has 24 heavy (non-hydrogen) atoms. The van der Waals surface area contributed by atoms with Gasteiger partial charge in [-0.2, -0.15) is 0 Å². The second-order valence-electron chi connectivity index (χ2n) is 7.46. The minimum atomic E-state index is -0.443. The monoisotopic (exact) mass is 340 g/mol. The van der Waals surface area contributed by atoms with Crippen LogP contribution in [0.5, 0.6) is 0 Å². The van der Waals surface area contributed by atoms with Gasteiger partial charge in [0, 0.05) is 11.6 Å². The molecule has 1 aliphatic carbocycles. The first-order valence-corrected chi connectivity index (χ1v) is 8.83. The molecule has 7 heteroatoms. The fourth-order valence-electron chi connectivity index (χ4n) is 2.78. The largest absolute Gasteiger partial charge is 0.350 e.